The molecule has 0 spiro atoms. The number of amides is 1. The largest absolute Gasteiger partial charge is 0.483 e. The first-order chi connectivity index (χ1) is 9.31. The molecule has 1 aromatic rings. The van der Waals surface area contributed by atoms with Gasteiger partial charge in [-0.05, 0) is 38.0 Å². The number of ketones is 1. The van der Waals surface area contributed by atoms with Crippen LogP contribution < -0.4 is 10.1 Å². The van der Waals surface area contributed by atoms with Crippen LogP contribution in [0.15, 0.2) is 18.2 Å². The van der Waals surface area contributed by atoms with Crippen molar-refractivity contribution in [2.45, 2.75) is 33.7 Å². The molecule has 110 valence electrons. The van der Waals surface area contributed by atoms with Gasteiger partial charge in [0.25, 0.3) is 5.91 Å². The number of rotatable bonds is 6. The fourth-order valence-corrected chi connectivity index (χ4v) is 1.68. The number of ether oxygens (including phenoxy) is 1. The molecule has 20 heavy (non-hydrogen) atoms. The minimum Gasteiger partial charge on any atom is -0.483 e. The lowest BCUT2D eigenvalue weighted by Crippen LogP contribution is -2.39. The van der Waals surface area contributed by atoms with Gasteiger partial charge in [0.05, 0.1) is 5.56 Å². The van der Waals surface area contributed by atoms with Gasteiger partial charge in [0.2, 0.25) is 0 Å². The Morgan fingerprint density at radius 3 is 2.50 bits per heavy atom. The molecule has 0 aliphatic heterocycles. The van der Waals surface area contributed by atoms with E-state index in [0.717, 1.165) is 0 Å². The van der Waals surface area contributed by atoms with E-state index in [2.05, 4.69) is 5.32 Å². The van der Waals surface area contributed by atoms with E-state index in [1.54, 1.807) is 12.1 Å². The number of Topliss-reactive ketones (excluding diaryl/α,β-unsaturated/α-hetero) is 1. The van der Waals surface area contributed by atoms with Crippen LogP contribution in [-0.2, 0) is 4.79 Å². The van der Waals surface area contributed by atoms with Gasteiger partial charge in [0, 0.05) is 11.1 Å². The molecule has 0 saturated carbocycles. The molecule has 1 amide bonds. The SMILES string of the molecule is CC(=O)c1cc(Cl)ccc1OCC(=O)N[C@H](C)C(C)C. The summed E-state index contributed by atoms with van der Waals surface area (Å²) in [6, 6.07) is 4.83. The van der Waals surface area contributed by atoms with Crippen molar-refractivity contribution in [1.82, 2.24) is 5.32 Å². The van der Waals surface area contributed by atoms with Crippen molar-refractivity contribution in [1.29, 1.82) is 0 Å². The summed E-state index contributed by atoms with van der Waals surface area (Å²) in [4.78, 5) is 23.2. The van der Waals surface area contributed by atoms with Gasteiger partial charge in [-0.3, -0.25) is 9.59 Å². The van der Waals surface area contributed by atoms with E-state index < -0.39 is 0 Å². The fourth-order valence-electron chi connectivity index (χ4n) is 1.51. The summed E-state index contributed by atoms with van der Waals surface area (Å²) in [5.74, 6) is 0.352. The minimum absolute atomic E-state index is 0.0728. The quantitative estimate of drug-likeness (QED) is 0.821. The lowest BCUT2D eigenvalue weighted by molar-refractivity contribution is -0.124. The second kappa shape index (κ2) is 7.29. The number of carbonyl (C=O) groups excluding carboxylic acids is 2. The molecule has 0 fully saturated rings. The highest BCUT2D eigenvalue weighted by molar-refractivity contribution is 6.31. The molecule has 1 atom stereocenters. The molecule has 0 saturated heterocycles. The highest BCUT2D eigenvalue weighted by Gasteiger charge is 2.13. The molecular weight excluding hydrogens is 278 g/mol. The Hall–Kier alpha value is -1.55. The average molecular weight is 298 g/mol. The first-order valence-corrected chi connectivity index (χ1v) is 6.91. The maximum atomic E-state index is 11.7. The Labute approximate surface area is 124 Å². The Kier molecular flexibility index (Phi) is 6.02. The van der Waals surface area contributed by atoms with Crippen LogP contribution in [-0.4, -0.2) is 24.3 Å². The van der Waals surface area contributed by atoms with Gasteiger partial charge in [-0.2, -0.15) is 0 Å². The number of nitrogens with one attached hydrogen (secondary N) is 1. The van der Waals surface area contributed by atoms with Gasteiger partial charge in [0.15, 0.2) is 12.4 Å². The average Bonchev–Trinajstić information content (AvgIpc) is 2.36. The van der Waals surface area contributed by atoms with Crippen LogP contribution >= 0.6 is 11.6 Å². The molecular formula is C15H20ClNO3. The predicted octanol–water partition coefficient (Wildman–Crippen LogP) is 3.08. The van der Waals surface area contributed by atoms with Gasteiger partial charge in [0.1, 0.15) is 5.75 Å². The van der Waals surface area contributed by atoms with E-state index in [1.165, 1.54) is 13.0 Å². The van der Waals surface area contributed by atoms with Crippen molar-refractivity contribution in [2.24, 2.45) is 5.92 Å². The van der Waals surface area contributed by atoms with E-state index in [1.807, 2.05) is 20.8 Å². The fraction of sp³-hybridized carbons (Fsp3) is 0.467. The molecule has 0 unspecified atom stereocenters. The lowest BCUT2D eigenvalue weighted by Gasteiger charge is -2.18. The molecule has 0 aromatic heterocycles. The smallest absolute Gasteiger partial charge is 0.258 e. The summed E-state index contributed by atoms with van der Waals surface area (Å²) >= 11 is 5.84. The first-order valence-electron chi connectivity index (χ1n) is 6.54. The number of carbonyl (C=O) groups is 2. The molecule has 0 bridgehead atoms. The number of hydrogen-bond donors (Lipinski definition) is 1. The van der Waals surface area contributed by atoms with Crippen molar-refractivity contribution in [3.05, 3.63) is 28.8 Å². The number of hydrogen-bond acceptors (Lipinski definition) is 3. The maximum Gasteiger partial charge on any atom is 0.258 e. The van der Waals surface area contributed by atoms with Crippen molar-refractivity contribution in [2.75, 3.05) is 6.61 Å². The van der Waals surface area contributed by atoms with Crippen molar-refractivity contribution < 1.29 is 14.3 Å². The lowest BCUT2D eigenvalue weighted by atomic mass is 10.1. The Morgan fingerprint density at radius 1 is 1.30 bits per heavy atom. The molecule has 5 heteroatoms. The second-order valence-corrected chi connectivity index (χ2v) is 5.52. The topological polar surface area (TPSA) is 55.4 Å². The summed E-state index contributed by atoms with van der Waals surface area (Å²) in [6.07, 6.45) is 0. The van der Waals surface area contributed by atoms with Gasteiger partial charge in [-0.1, -0.05) is 25.4 Å². The zero-order valence-electron chi connectivity index (χ0n) is 12.2. The van der Waals surface area contributed by atoms with E-state index in [4.69, 9.17) is 16.3 Å². The molecule has 4 nitrogen and oxygen atoms in total. The van der Waals surface area contributed by atoms with E-state index in [9.17, 15) is 9.59 Å². The third kappa shape index (κ3) is 4.85. The molecule has 0 aliphatic carbocycles. The van der Waals surface area contributed by atoms with Crippen molar-refractivity contribution >= 4 is 23.3 Å². The predicted molar refractivity (Wildman–Crippen MR) is 79.4 cm³/mol. The van der Waals surface area contributed by atoms with Crippen LogP contribution in [0.1, 0.15) is 38.1 Å². The summed E-state index contributed by atoms with van der Waals surface area (Å²) in [7, 11) is 0. The van der Waals surface area contributed by atoms with E-state index in [-0.39, 0.29) is 24.3 Å². The van der Waals surface area contributed by atoms with Gasteiger partial charge in [-0.25, -0.2) is 0 Å². The number of halogens is 1. The van der Waals surface area contributed by atoms with Gasteiger partial charge in [-0.15, -0.1) is 0 Å². The Balaban J connectivity index is 2.66. The summed E-state index contributed by atoms with van der Waals surface area (Å²) < 4.78 is 5.40. The standard InChI is InChI=1S/C15H20ClNO3/c1-9(2)10(3)17-15(19)8-20-14-6-5-12(16)7-13(14)11(4)18/h5-7,9-10H,8H2,1-4H3,(H,17,19)/t10-/m1/s1. The first kappa shape index (κ1) is 16.5. The second-order valence-electron chi connectivity index (χ2n) is 5.09. The van der Waals surface area contributed by atoms with Crippen LogP contribution in [0.4, 0.5) is 0 Å². The van der Waals surface area contributed by atoms with Crippen LogP contribution in [0.3, 0.4) is 0 Å². The highest BCUT2D eigenvalue weighted by Crippen LogP contribution is 2.23. The summed E-state index contributed by atoms with van der Waals surface area (Å²) in [5, 5.41) is 3.29. The van der Waals surface area contributed by atoms with E-state index in [0.29, 0.717) is 22.3 Å². The summed E-state index contributed by atoms with van der Waals surface area (Å²) in [6.45, 7) is 7.29. The van der Waals surface area contributed by atoms with Crippen LogP contribution in [0.5, 0.6) is 5.75 Å². The van der Waals surface area contributed by atoms with Crippen LogP contribution in [0.2, 0.25) is 5.02 Å². The Morgan fingerprint density at radius 2 is 1.95 bits per heavy atom. The van der Waals surface area contributed by atoms with Crippen molar-refractivity contribution in [3.63, 3.8) is 0 Å². The van der Waals surface area contributed by atoms with Crippen LogP contribution in [0.25, 0.3) is 0 Å². The monoisotopic (exact) mass is 297 g/mol. The zero-order chi connectivity index (χ0) is 15.3. The summed E-state index contributed by atoms with van der Waals surface area (Å²) in [5.41, 5.74) is 0.377. The Bertz CT molecular complexity index is 500. The zero-order valence-corrected chi connectivity index (χ0v) is 13.0. The normalized spacial score (nSPS) is 12.1. The van der Waals surface area contributed by atoms with Crippen molar-refractivity contribution in [3.8, 4) is 5.75 Å². The molecule has 1 N–H and O–H groups in total. The van der Waals surface area contributed by atoms with Crippen LogP contribution in [0, 0.1) is 5.92 Å². The molecule has 0 heterocycles. The maximum absolute atomic E-state index is 11.7. The molecule has 1 aromatic carbocycles. The third-order valence-electron chi connectivity index (χ3n) is 3.07. The molecule has 0 radical (unpaired) electrons. The molecule has 0 aliphatic rings. The van der Waals surface area contributed by atoms with Gasteiger partial charge < -0.3 is 10.1 Å². The molecule has 1 rings (SSSR count). The number of benzene rings is 1. The highest BCUT2D eigenvalue weighted by atomic mass is 35.5. The third-order valence-corrected chi connectivity index (χ3v) is 3.30. The van der Waals surface area contributed by atoms with Gasteiger partial charge >= 0.3 is 0 Å². The minimum atomic E-state index is -0.212. The van der Waals surface area contributed by atoms with E-state index >= 15 is 0 Å².